The first kappa shape index (κ1) is 19.7. The molecule has 138 valence electrons. The van der Waals surface area contributed by atoms with E-state index in [1.54, 1.807) is 23.8 Å². The van der Waals surface area contributed by atoms with Crippen LogP contribution in [0.3, 0.4) is 0 Å². The van der Waals surface area contributed by atoms with Gasteiger partial charge in [-0.2, -0.15) is 8.42 Å². The Morgan fingerprint density at radius 2 is 1.73 bits per heavy atom. The molecule has 0 amide bonds. The van der Waals surface area contributed by atoms with Crippen molar-refractivity contribution in [2.24, 2.45) is 4.40 Å². The summed E-state index contributed by atoms with van der Waals surface area (Å²) in [6, 6.07) is 9.16. The third kappa shape index (κ3) is 3.93. The molecule has 5 nitrogen and oxygen atoms in total. The van der Waals surface area contributed by atoms with Crippen molar-refractivity contribution in [3.63, 3.8) is 0 Å². The molecule has 0 radical (unpaired) electrons. The minimum absolute atomic E-state index is 0.0508. The maximum absolute atomic E-state index is 12.7. The van der Waals surface area contributed by atoms with Crippen molar-refractivity contribution >= 4 is 66.4 Å². The minimum Gasteiger partial charge on any atom is -0.383 e. The number of rotatable bonds is 5. The van der Waals surface area contributed by atoms with Crippen molar-refractivity contribution in [1.29, 1.82) is 0 Å². The van der Waals surface area contributed by atoms with E-state index >= 15 is 0 Å². The molecule has 10 heteroatoms. The van der Waals surface area contributed by atoms with Gasteiger partial charge in [0.15, 0.2) is 0 Å². The van der Waals surface area contributed by atoms with Crippen LogP contribution in [0.5, 0.6) is 0 Å². The highest BCUT2D eigenvalue weighted by atomic mass is 35.5. The maximum Gasteiger partial charge on any atom is 0.285 e. The Balaban J connectivity index is 2.26. The first-order valence-corrected chi connectivity index (χ1v) is 10.8. The average Bonchev–Trinajstić information content (AvgIpc) is 2.95. The number of fused-ring (bicyclic) bond motifs is 1. The standard InChI is InChI=1S/C16H13Cl3N2O3S2/c1-24-9-8-21-14-12(18)6-7-13(19)15(14)25-16(21)20-26(22,23)11-4-2-10(17)3-5-11/h2-7H,8-9H2,1H3. The first-order chi connectivity index (χ1) is 12.3. The van der Waals surface area contributed by atoms with Gasteiger partial charge in [0.05, 0.1) is 31.8 Å². The number of hydrogen-bond acceptors (Lipinski definition) is 4. The smallest absolute Gasteiger partial charge is 0.285 e. The highest BCUT2D eigenvalue weighted by molar-refractivity contribution is 7.90. The fourth-order valence-electron chi connectivity index (χ4n) is 2.33. The van der Waals surface area contributed by atoms with Gasteiger partial charge in [-0.25, -0.2) is 0 Å². The molecule has 3 aromatic rings. The third-order valence-corrected chi connectivity index (χ3v) is 7.05. The molecule has 0 saturated heterocycles. The Kier molecular flexibility index (Phi) is 5.96. The normalized spacial score (nSPS) is 12.8. The maximum atomic E-state index is 12.7. The van der Waals surface area contributed by atoms with Crippen molar-refractivity contribution < 1.29 is 13.2 Å². The largest absolute Gasteiger partial charge is 0.383 e. The van der Waals surface area contributed by atoms with Gasteiger partial charge in [0.25, 0.3) is 10.0 Å². The van der Waals surface area contributed by atoms with Gasteiger partial charge in [0.2, 0.25) is 4.80 Å². The second-order valence-corrected chi connectivity index (χ2v) is 9.09. The number of aromatic nitrogens is 1. The molecule has 1 heterocycles. The van der Waals surface area contributed by atoms with Crippen molar-refractivity contribution in [1.82, 2.24) is 4.57 Å². The minimum atomic E-state index is -3.92. The molecule has 1 aromatic heterocycles. The lowest BCUT2D eigenvalue weighted by molar-refractivity contribution is 0.187. The molecule has 0 fully saturated rings. The second-order valence-electron chi connectivity index (χ2n) is 5.26. The Bertz CT molecular complexity index is 1120. The van der Waals surface area contributed by atoms with Crippen LogP contribution in [0, 0.1) is 0 Å². The summed E-state index contributed by atoms with van der Waals surface area (Å²) in [4.78, 5) is 0.317. The van der Waals surface area contributed by atoms with Crippen molar-refractivity contribution in [2.75, 3.05) is 13.7 Å². The fraction of sp³-hybridized carbons (Fsp3) is 0.188. The van der Waals surface area contributed by atoms with E-state index in [0.29, 0.717) is 38.4 Å². The number of nitrogens with zero attached hydrogens (tertiary/aromatic N) is 2. The Morgan fingerprint density at radius 1 is 1.08 bits per heavy atom. The van der Waals surface area contributed by atoms with Crippen LogP contribution in [-0.4, -0.2) is 26.7 Å². The van der Waals surface area contributed by atoms with Gasteiger partial charge in [-0.1, -0.05) is 46.1 Å². The zero-order valence-electron chi connectivity index (χ0n) is 13.4. The molecule has 0 N–H and O–H groups in total. The predicted octanol–water partition coefficient (Wildman–Crippen LogP) is 4.60. The number of sulfonamides is 1. The lowest BCUT2D eigenvalue weighted by Crippen LogP contribution is -2.19. The van der Waals surface area contributed by atoms with Crippen LogP contribution in [0.4, 0.5) is 0 Å². The number of ether oxygens (including phenoxy) is 1. The van der Waals surface area contributed by atoms with Gasteiger partial charge in [-0.15, -0.1) is 4.40 Å². The SMILES string of the molecule is COCCn1c(=NS(=O)(=O)c2ccc(Cl)cc2)sc2c(Cl)ccc(Cl)c21. The summed E-state index contributed by atoms with van der Waals surface area (Å²) >= 11 is 19.5. The second kappa shape index (κ2) is 7.88. The summed E-state index contributed by atoms with van der Waals surface area (Å²) in [7, 11) is -2.36. The third-order valence-electron chi connectivity index (χ3n) is 3.56. The number of thiazole rings is 1. The molecule has 2 aromatic carbocycles. The van der Waals surface area contributed by atoms with E-state index in [4.69, 9.17) is 39.5 Å². The van der Waals surface area contributed by atoms with Crippen LogP contribution in [0.1, 0.15) is 0 Å². The van der Waals surface area contributed by atoms with Gasteiger partial charge in [0, 0.05) is 18.7 Å². The molecular weight excluding hydrogens is 439 g/mol. The molecule has 0 spiro atoms. The molecule has 26 heavy (non-hydrogen) atoms. The molecular formula is C16H13Cl3N2O3S2. The zero-order chi connectivity index (χ0) is 18.9. The fourth-order valence-corrected chi connectivity index (χ4v) is 5.33. The van der Waals surface area contributed by atoms with Crippen molar-refractivity contribution in [3.05, 3.63) is 56.3 Å². The Hall–Kier alpha value is -1.09. The molecule has 0 unspecified atom stereocenters. The van der Waals surface area contributed by atoms with Gasteiger partial charge >= 0.3 is 0 Å². The molecule has 0 bridgehead atoms. The van der Waals surface area contributed by atoms with Crippen LogP contribution in [0.2, 0.25) is 15.1 Å². The van der Waals surface area contributed by atoms with E-state index in [2.05, 4.69) is 4.40 Å². The topological polar surface area (TPSA) is 60.7 Å². The van der Waals surface area contributed by atoms with Gasteiger partial charge in [-0.3, -0.25) is 0 Å². The Labute approximate surface area is 169 Å². The average molecular weight is 452 g/mol. The summed E-state index contributed by atoms with van der Waals surface area (Å²) in [5.41, 5.74) is 0.631. The van der Waals surface area contributed by atoms with E-state index in [1.807, 2.05) is 0 Å². The molecule has 0 aliphatic carbocycles. The summed E-state index contributed by atoms with van der Waals surface area (Å²) < 4.78 is 36.8. The molecule has 0 atom stereocenters. The quantitative estimate of drug-likeness (QED) is 0.569. The van der Waals surface area contributed by atoms with E-state index in [0.717, 1.165) is 11.3 Å². The first-order valence-electron chi connectivity index (χ1n) is 7.36. The van der Waals surface area contributed by atoms with Crippen molar-refractivity contribution in [2.45, 2.75) is 11.4 Å². The highest BCUT2D eigenvalue weighted by Gasteiger charge is 2.17. The molecule has 3 rings (SSSR count). The summed E-state index contributed by atoms with van der Waals surface area (Å²) in [5, 5.41) is 1.38. The van der Waals surface area contributed by atoms with E-state index in [9.17, 15) is 8.42 Å². The van der Waals surface area contributed by atoms with Gasteiger partial charge in [-0.05, 0) is 36.4 Å². The molecule has 0 aliphatic rings. The van der Waals surface area contributed by atoms with Crippen LogP contribution >= 0.6 is 46.1 Å². The van der Waals surface area contributed by atoms with E-state index < -0.39 is 10.0 Å². The molecule has 0 aliphatic heterocycles. The van der Waals surface area contributed by atoms with E-state index in [-0.39, 0.29) is 9.70 Å². The lowest BCUT2D eigenvalue weighted by atomic mass is 10.3. The molecule has 0 saturated carbocycles. The van der Waals surface area contributed by atoms with Crippen LogP contribution in [0.15, 0.2) is 45.7 Å². The summed E-state index contributed by atoms with van der Waals surface area (Å²) in [6.45, 7) is 0.744. The number of methoxy groups -OCH3 is 1. The number of benzene rings is 2. The van der Waals surface area contributed by atoms with Gasteiger partial charge in [0.1, 0.15) is 0 Å². The van der Waals surface area contributed by atoms with E-state index in [1.165, 1.54) is 24.3 Å². The highest BCUT2D eigenvalue weighted by Crippen LogP contribution is 2.32. The van der Waals surface area contributed by atoms with Crippen LogP contribution in [0.25, 0.3) is 10.2 Å². The monoisotopic (exact) mass is 450 g/mol. The van der Waals surface area contributed by atoms with Crippen LogP contribution < -0.4 is 4.80 Å². The summed E-state index contributed by atoms with van der Waals surface area (Å²) in [5.74, 6) is 0. The van der Waals surface area contributed by atoms with Crippen LogP contribution in [-0.2, 0) is 21.3 Å². The summed E-state index contributed by atoms with van der Waals surface area (Å²) in [6.07, 6.45) is 0. The number of hydrogen-bond donors (Lipinski definition) is 0. The lowest BCUT2D eigenvalue weighted by Gasteiger charge is -2.06. The Morgan fingerprint density at radius 3 is 2.38 bits per heavy atom. The number of halogens is 3. The van der Waals surface area contributed by atoms with Crippen molar-refractivity contribution in [3.8, 4) is 0 Å². The zero-order valence-corrected chi connectivity index (χ0v) is 17.3. The van der Waals surface area contributed by atoms with Gasteiger partial charge < -0.3 is 9.30 Å². The predicted molar refractivity (Wildman–Crippen MR) is 106 cm³/mol.